The molecule has 6 aromatic rings. The normalized spacial score (nSPS) is 30.3. The number of hydrogen-bond donors (Lipinski definition) is 0. The van der Waals surface area contributed by atoms with Crippen molar-refractivity contribution in [1.82, 2.24) is 39.0 Å². The van der Waals surface area contributed by atoms with E-state index in [-0.39, 0.29) is 45.3 Å². The van der Waals surface area contributed by atoms with Crippen LogP contribution < -0.4 is 0 Å². The molecular formula is C40H38F2N10O12P2S2. The molecule has 10 atom stereocenters. The molecule has 28 heteroatoms. The maximum Gasteiger partial charge on any atom is 0.390 e. The van der Waals surface area contributed by atoms with E-state index in [4.69, 9.17) is 27.6 Å². The number of nitro groups is 2. The molecule has 2 aromatic carbocycles. The van der Waals surface area contributed by atoms with E-state index in [0.717, 1.165) is 0 Å². The number of benzene rings is 2. The second kappa shape index (κ2) is 19.3. The van der Waals surface area contributed by atoms with Gasteiger partial charge < -0.3 is 9.47 Å². The fraction of sp³-hybridized carbons (Fsp3) is 0.400. The number of nitro benzene ring substituents is 2. The number of aryl methyl sites for hydroxylation is 2. The third-order valence-corrected chi connectivity index (χ3v) is 18.9. The summed E-state index contributed by atoms with van der Waals surface area (Å²) in [4.78, 5) is 49.4. The van der Waals surface area contributed by atoms with E-state index in [1.165, 1.54) is 70.8 Å². The fourth-order valence-corrected chi connectivity index (χ4v) is 15.1. The standard InChI is InChI=1S/C40H38F2N10O12P2S2/c41-31-35-29-15-59-66(58,68-18-24-10-6-8-14-28(24)52(55)56)64-36-30(16-60-65(57,63-35)67-17-23-9-5-7-13-27(23)51(53)54)62-40(32(36)42)50-22-48-34-26(44-20-46-38(34)50)12-4-2-1-3-11-25-33-37(45-19-43-25)49(21-47-33)39(31)61-29/h1-2,5-10,13-14,19-22,29-32,35-36,39-40H,3-4,11-12,15-18H2/b2-1+/t29-,30-,31-,32-,35-,36-,39-,40?,65+,66-/m1/s1. The molecule has 5 aliphatic rings. The van der Waals surface area contributed by atoms with Crippen LogP contribution in [0.2, 0.25) is 0 Å². The molecule has 356 valence electrons. The Morgan fingerprint density at radius 3 is 1.50 bits per heavy atom. The van der Waals surface area contributed by atoms with Gasteiger partial charge in [0.05, 0.1) is 47.1 Å². The summed E-state index contributed by atoms with van der Waals surface area (Å²) >= 11 is 1.03. The average Bonchev–Trinajstić information content (AvgIpc) is 4.11. The van der Waals surface area contributed by atoms with Gasteiger partial charge in [0.1, 0.15) is 48.1 Å². The lowest BCUT2D eigenvalue weighted by Gasteiger charge is -2.30. The zero-order valence-corrected chi connectivity index (χ0v) is 38.6. The lowest BCUT2D eigenvalue weighted by Crippen LogP contribution is -2.37. The van der Waals surface area contributed by atoms with Gasteiger partial charge in [0.25, 0.3) is 11.4 Å². The number of imidazole rings is 2. The first kappa shape index (κ1) is 46.6. The first-order valence-corrected chi connectivity index (χ1v) is 27.3. The van der Waals surface area contributed by atoms with Crippen molar-refractivity contribution in [2.45, 2.75) is 86.4 Å². The first-order valence-electron chi connectivity index (χ1n) is 21.0. The van der Waals surface area contributed by atoms with Gasteiger partial charge in [-0.3, -0.25) is 47.5 Å². The number of para-hydroxylation sites is 2. The van der Waals surface area contributed by atoms with E-state index >= 15 is 17.9 Å². The third kappa shape index (κ3) is 9.21. The Kier molecular flexibility index (Phi) is 13.2. The van der Waals surface area contributed by atoms with Gasteiger partial charge in [0.15, 0.2) is 36.1 Å². The van der Waals surface area contributed by atoms with Gasteiger partial charge in [-0.1, -0.05) is 48.6 Å². The quantitative estimate of drug-likeness (QED) is 0.0600. The average molecular weight is 1010 g/mol. The largest absolute Gasteiger partial charge is 0.390 e. The molecule has 68 heavy (non-hydrogen) atoms. The molecule has 3 fully saturated rings. The fourth-order valence-electron chi connectivity index (χ4n) is 8.31. The van der Waals surface area contributed by atoms with Crippen LogP contribution in [0.1, 0.15) is 47.8 Å². The Bertz CT molecular complexity index is 2830. The van der Waals surface area contributed by atoms with E-state index in [9.17, 15) is 20.2 Å². The van der Waals surface area contributed by atoms with Crippen molar-refractivity contribution >= 4 is 70.1 Å². The molecule has 4 aromatic heterocycles. The topological polar surface area (TPSA) is 263 Å². The number of ether oxygens (including phenoxy) is 2. The maximum absolute atomic E-state index is 17.4. The number of nitrogens with zero attached hydrogens (tertiary/aromatic N) is 10. The highest BCUT2D eigenvalue weighted by molar-refractivity contribution is 8.55. The number of aromatic nitrogens is 8. The van der Waals surface area contributed by atoms with Gasteiger partial charge in [-0.25, -0.2) is 47.8 Å². The van der Waals surface area contributed by atoms with E-state index in [0.29, 0.717) is 70.9 Å². The lowest BCUT2D eigenvalue weighted by molar-refractivity contribution is -0.385. The van der Waals surface area contributed by atoms with Crippen LogP contribution in [-0.4, -0.2) is 98.9 Å². The minimum Gasteiger partial charge on any atom is -0.346 e. The number of halogens is 2. The van der Waals surface area contributed by atoms with Gasteiger partial charge in [-0.2, -0.15) is 0 Å². The van der Waals surface area contributed by atoms with Crippen LogP contribution in [-0.2, 0) is 61.0 Å². The summed E-state index contributed by atoms with van der Waals surface area (Å²) in [5, 5.41) is 24.0. The lowest BCUT2D eigenvalue weighted by atomic mass is 10.1. The number of allylic oxidation sites excluding steroid dienone is 2. The SMILES string of the molecule is O=[N+]([O-])c1ccccc1CS[P@@]1(=O)OC[C@H]2OC3[C@H](F)[C@@H]2O[P@](=O)(SCc2ccccc2[N+](=O)[O-])OC[C@H]2O[C@H]([C@H](F)[C@@H]2O1)n1cnc2c(ncnc21)CC/C=C/CCc1ncnc2c1ncn23. The molecule has 11 rings (SSSR count). The van der Waals surface area contributed by atoms with Gasteiger partial charge in [0, 0.05) is 34.8 Å². The molecule has 0 aliphatic carbocycles. The van der Waals surface area contributed by atoms with Crippen LogP contribution >= 0.6 is 36.4 Å². The molecule has 9 heterocycles. The predicted molar refractivity (Wildman–Crippen MR) is 240 cm³/mol. The molecule has 3 saturated heterocycles. The molecule has 1 unspecified atom stereocenters. The van der Waals surface area contributed by atoms with Crippen molar-refractivity contribution in [3.8, 4) is 0 Å². The van der Waals surface area contributed by atoms with Gasteiger partial charge in [0.2, 0.25) is 0 Å². The Morgan fingerprint density at radius 2 is 1.07 bits per heavy atom. The first-order chi connectivity index (χ1) is 32.9. The summed E-state index contributed by atoms with van der Waals surface area (Å²) in [6.45, 7) is -11.0. The second-order valence-corrected chi connectivity index (χ2v) is 23.9. The molecular weight excluding hydrogens is 977 g/mol. The van der Waals surface area contributed by atoms with Gasteiger partial charge in [-0.05, 0) is 48.4 Å². The molecule has 0 saturated carbocycles. The zero-order valence-electron chi connectivity index (χ0n) is 35.2. The summed E-state index contributed by atoms with van der Waals surface area (Å²) in [5.74, 6) is -0.657. The van der Waals surface area contributed by atoms with E-state index in [1.54, 1.807) is 12.1 Å². The van der Waals surface area contributed by atoms with E-state index < -0.39 is 85.9 Å². The Hall–Kier alpha value is -5.14. The Balaban J connectivity index is 1.09. The zero-order chi connectivity index (χ0) is 47.2. The van der Waals surface area contributed by atoms with E-state index in [1.807, 2.05) is 12.2 Å². The number of hydrogen-bond acceptors (Lipinski definition) is 20. The van der Waals surface area contributed by atoms with Crippen molar-refractivity contribution in [1.29, 1.82) is 0 Å². The van der Waals surface area contributed by atoms with Gasteiger partial charge >= 0.3 is 13.6 Å². The number of alkyl halides is 2. The van der Waals surface area contributed by atoms with Crippen molar-refractivity contribution in [3.63, 3.8) is 0 Å². The van der Waals surface area contributed by atoms with Crippen LogP contribution in [0, 0.1) is 20.2 Å². The minimum atomic E-state index is -4.73. The molecule has 5 aliphatic heterocycles. The van der Waals surface area contributed by atoms with Crippen molar-refractivity contribution in [3.05, 3.63) is 129 Å². The van der Waals surface area contributed by atoms with Crippen LogP contribution in [0.15, 0.2) is 86.0 Å². The number of fused-ring (bicyclic) bond motifs is 10. The minimum absolute atomic E-state index is 0.135. The summed E-state index contributed by atoms with van der Waals surface area (Å²) in [6.07, 6.45) is -3.07. The van der Waals surface area contributed by atoms with Crippen LogP contribution in [0.3, 0.4) is 0 Å². The summed E-state index contributed by atoms with van der Waals surface area (Å²) in [7, 11) is 0. The van der Waals surface area contributed by atoms with Crippen LogP contribution in [0.5, 0.6) is 0 Å². The van der Waals surface area contributed by atoms with Crippen LogP contribution in [0.4, 0.5) is 20.2 Å². The smallest absolute Gasteiger partial charge is 0.346 e. The van der Waals surface area contributed by atoms with Crippen molar-refractivity contribution in [2.75, 3.05) is 13.2 Å². The molecule has 0 spiro atoms. The summed E-state index contributed by atoms with van der Waals surface area (Å²) in [6, 6.07) is 11.4. The predicted octanol–water partition coefficient (Wildman–Crippen LogP) is 8.29. The number of rotatable bonds is 8. The highest BCUT2D eigenvalue weighted by Crippen LogP contribution is 2.67. The Morgan fingerprint density at radius 1 is 0.647 bits per heavy atom. The maximum atomic E-state index is 17.4. The molecule has 14 bridgehead atoms. The van der Waals surface area contributed by atoms with Crippen molar-refractivity contribution < 1.29 is 55.3 Å². The summed E-state index contributed by atoms with van der Waals surface area (Å²) in [5.41, 5.74) is 1.92. The Labute approximate surface area is 391 Å². The molecule has 0 radical (unpaired) electrons. The monoisotopic (exact) mass is 1010 g/mol. The highest BCUT2D eigenvalue weighted by atomic mass is 32.7. The highest BCUT2D eigenvalue weighted by Gasteiger charge is 2.55. The second-order valence-electron chi connectivity index (χ2n) is 15.8. The third-order valence-electron chi connectivity index (χ3n) is 11.6. The molecule has 0 amide bonds. The molecule has 0 N–H and O–H groups in total. The van der Waals surface area contributed by atoms with E-state index in [2.05, 4.69) is 29.9 Å². The summed E-state index contributed by atoms with van der Waals surface area (Å²) < 4.78 is 105. The van der Waals surface area contributed by atoms with Gasteiger partial charge in [-0.15, -0.1) is 0 Å². The molecule has 22 nitrogen and oxygen atoms in total. The van der Waals surface area contributed by atoms with Crippen LogP contribution in [0.25, 0.3) is 22.3 Å². The van der Waals surface area contributed by atoms with Crippen molar-refractivity contribution in [2.24, 2.45) is 0 Å².